The average Bonchev–Trinajstić information content (AvgIpc) is 2.16. The first kappa shape index (κ1) is 15.0. The maximum Gasteiger partial charge on any atom is 0.00690 e. The van der Waals surface area contributed by atoms with Gasteiger partial charge in [-0.1, -0.05) is 53.4 Å². The summed E-state index contributed by atoms with van der Waals surface area (Å²) in [4.78, 5) is 0. The fourth-order valence-corrected chi connectivity index (χ4v) is 2.25. The predicted molar refractivity (Wildman–Crippen MR) is 70.2 cm³/mol. The van der Waals surface area contributed by atoms with Crippen LogP contribution in [0, 0.1) is 11.8 Å². The van der Waals surface area contributed by atoms with Crippen molar-refractivity contribution in [3.8, 4) is 0 Å². The van der Waals surface area contributed by atoms with Crippen molar-refractivity contribution in [3.63, 3.8) is 0 Å². The Balaban J connectivity index is 3.65. The highest BCUT2D eigenvalue weighted by molar-refractivity contribution is 4.70. The molecule has 15 heavy (non-hydrogen) atoms. The quantitative estimate of drug-likeness (QED) is 0.565. The molecule has 0 aliphatic heterocycles. The normalized spacial score (nSPS) is 15.6. The molecule has 0 fully saturated rings. The van der Waals surface area contributed by atoms with Gasteiger partial charge in [-0.3, -0.25) is 0 Å². The van der Waals surface area contributed by atoms with E-state index in [4.69, 9.17) is 0 Å². The second-order valence-corrected chi connectivity index (χ2v) is 5.45. The summed E-state index contributed by atoms with van der Waals surface area (Å²) in [6.07, 6.45) is 8.22. The van der Waals surface area contributed by atoms with Gasteiger partial charge in [0.1, 0.15) is 0 Å². The van der Waals surface area contributed by atoms with E-state index in [0.717, 1.165) is 17.9 Å². The van der Waals surface area contributed by atoms with Gasteiger partial charge in [0.15, 0.2) is 0 Å². The van der Waals surface area contributed by atoms with Crippen LogP contribution in [0.15, 0.2) is 0 Å². The smallest absolute Gasteiger partial charge is 0.00690 e. The van der Waals surface area contributed by atoms with Crippen LogP contribution in [0.1, 0.15) is 66.2 Å². The highest BCUT2D eigenvalue weighted by atomic mass is 14.9. The fraction of sp³-hybridized carbons (Fsp3) is 1.00. The fourth-order valence-electron chi connectivity index (χ4n) is 2.25. The van der Waals surface area contributed by atoms with Gasteiger partial charge in [0.25, 0.3) is 0 Å². The Hall–Kier alpha value is -0.0400. The maximum absolute atomic E-state index is 3.45. The van der Waals surface area contributed by atoms with Crippen LogP contribution in [0.25, 0.3) is 0 Å². The Morgan fingerprint density at radius 3 is 2.13 bits per heavy atom. The lowest BCUT2D eigenvalue weighted by molar-refractivity contribution is 0.348. The van der Waals surface area contributed by atoms with E-state index in [1.54, 1.807) is 0 Å². The Bertz CT molecular complexity index is 131. The zero-order valence-corrected chi connectivity index (χ0v) is 11.5. The van der Waals surface area contributed by atoms with Crippen LogP contribution < -0.4 is 5.32 Å². The Kier molecular flexibility index (Phi) is 9.18. The maximum atomic E-state index is 3.45. The lowest BCUT2D eigenvalue weighted by atomic mass is 9.91. The molecule has 0 amide bonds. The molecule has 0 aromatic rings. The number of unbranched alkanes of at least 4 members (excludes halogenated alkanes) is 2. The molecule has 0 aliphatic rings. The molecule has 2 unspecified atom stereocenters. The van der Waals surface area contributed by atoms with E-state index in [1.165, 1.54) is 38.5 Å². The number of nitrogens with one attached hydrogen (secondary N) is 1. The van der Waals surface area contributed by atoms with Gasteiger partial charge in [0, 0.05) is 6.04 Å². The van der Waals surface area contributed by atoms with Crippen LogP contribution in [0.5, 0.6) is 0 Å². The third kappa shape index (κ3) is 8.92. The van der Waals surface area contributed by atoms with Crippen molar-refractivity contribution in [1.29, 1.82) is 0 Å². The average molecular weight is 213 g/mol. The molecule has 0 spiro atoms. The summed E-state index contributed by atoms with van der Waals surface area (Å²) < 4.78 is 0. The van der Waals surface area contributed by atoms with Crippen LogP contribution in [-0.4, -0.2) is 13.1 Å². The van der Waals surface area contributed by atoms with Gasteiger partial charge in [-0.25, -0.2) is 0 Å². The van der Waals surface area contributed by atoms with Crippen LogP contribution in [-0.2, 0) is 0 Å². The molecule has 0 heterocycles. The van der Waals surface area contributed by atoms with E-state index in [1.807, 2.05) is 0 Å². The van der Waals surface area contributed by atoms with Gasteiger partial charge >= 0.3 is 0 Å². The van der Waals surface area contributed by atoms with E-state index >= 15 is 0 Å². The SMILES string of the molecule is CCCCCC(C)CC(CC(C)C)NC. The molecular weight excluding hydrogens is 182 g/mol. The highest BCUT2D eigenvalue weighted by Gasteiger charge is 2.12. The van der Waals surface area contributed by atoms with Crippen molar-refractivity contribution < 1.29 is 0 Å². The summed E-state index contributed by atoms with van der Waals surface area (Å²) in [6, 6.07) is 0.724. The zero-order chi connectivity index (χ0) is 11.7. The van der Waals surface area contributed by atoms with Crippen molar-refractivity contribution in [3.05, 3.63) is 0 Å². The minimum atomic E-state index is 0.724. The van der Waals surface area contributed by atoms with E-state index in [0.29, 0.717) is 0 Å². The Morgan fingerprint density at radius 2 is 1.67 bits per heavy atom. The van der Waals surface area contributed by atoms with E-state index in [-0.39, 0.29) is 0 Å². The second kappa shape index (κ2) is 9.21. The van der Waals surface area contributed by atoms with Gasteiger partial charge in [0.05, 0.1) is 0 Å². The van der Waals surface area contributed by atoms with Crippen molar-refractivity contribution in [2.45, 2.75) is 72.3 Å². The molecule has 0 radical (unpaired) electrons. The van der Waals surface area contributed by atoms with Crippen molar-refractivity contribution >= 4 is 0 Å². The molecule has 1 nitrogen and oxygen atoms in total. The first-order valence-corrected chi connectivity index (χ1v) is 6.77. The summed E-state index contributed by atoms with van der Waals surface area (Å²) in [7, 11) is 2.10. The Morgan fingerprint density at radius 1 is 1.00 bits per heavy atom. The van der Waals surface area contributed by atoms with Crippen LogP contribution in [0.4, 0.5) is 0 Å². The number of rotatable bonds is 9. The molecule has 0 saturated carbocycles. The molecule has 1 N–H and O–H groups in total. The lowest BCUT2D eigenvalue weighted by Crippen LogP contribution is -2.28. The third-order valence-electron chi connectivity index (χ3n) is 3.15. The second-order valence-electron chi connectivity index (χ2n) is 5.45. The topological polar surface area (TPSA) is 12.0 Å². The molecule has 92 valence electrons. The molecular formula is C14H31N. The molecule has 0 bridgehead atoms. The molecule has 0 rings (SSSR count). The molecule has 1 heteroatoms. The molecule has 2 atom stereocenters. The summed E-state index contributed by atoms with van der Waals surface area (Å²) in [5, 5.41) is 3.45. The highest BCUT2D eigenvalue weighted by Crippen LogP contribution is 2.18. The largest absolute Gasteiger partial charge is 0.317 e. The Labute approximate surface area is 97.0 Å². The summed E-state index contributed by atoms with van der Waals surface area (Å²) >= 11 is 0. The van der Waals surface area contributed by atoms with Crippen LogP contribution >= 0.6 is 0 Å². The summed E-state index contributed by atoms with van der Waals surface area (Å²) in [6.45, 7) is 9.30. The van der Waals surface area contributed by atoms with Gasteiger partial charge in [-0.2, -0.15) is 0 Å². The predicted octanol–water partition coefficient (Wildman–Crippen LogP) is 4.23. The first-order valence-electron chi connectivity index (χ1n) is 6.77. The van der Waals surface area contributed by atoms with Gasteiger partial charge < -0.3 is 5.32 Å². The summed E-state index contributed by atoms with van der Waals surface area (Å²) in [5.74, 6) is 1.69. The van der Waals surface area contributed by atoms with E-state index in [9.17, 15) is 0 Å². The van der Waals surface area contributed by atoms with E-state index in [2.05, 4.69) is 40.1 Å². The van der Waals surface area contributed by atoms with Crippen molar-refractivity contribution in [2.24, 2.45) is 11.8 Å². The minimum absolute atomic E-state index is 0.724. The van der Waals surface area contributed by atoms with Crippen molar-refractivity contribution in [1.82, 2.24) is 5.32 Å². The van der Waals surface area contributed by atoms with E-state index < -0.39 is 0 Å². The van der Waals surface area contributed by atoms with Crippen molar-refractivity contribution in [2.75, 3.05) is 7.05 Å². The lowest BCUT2D eigenvalue weighted by Gasteiger charge is -2.22. The molecule has 0 saturated heterocycles. The number of hydrogen-bond acceptors (Lipinski definition) is 1. The molecule has 0 aromatic carbocycles. The van der Waals surface area contributed by atoms with Gasteiger partial charge in [-0.05, 0) is 31.7 Å². The van der Waals surface area contributed by atoms with Crippen LogP contribution in [0.2, 0.25) is 0 Å². The summed E-state index contributed by atoms with van der Waals surface area (Å²) in [5.41, 5.74) is 0. The van der Waals surface area contributed by atoms with Crippen LogP contribution in [0.3, 0.4) is 0 Å². The molecule has 0 aliphatic carbocycles. The standard InChI is InChI=1S/C14H31N/c1-6-7-8-9-13(4)11-14(15-5)10-12(2)3/h12-15H,6-11H2,1-5H3. The van der Waals surface area contributed by atoms with Gasteiger partial charge in [-0.15, -0.1) is 0 Å². The van der Waals surface area contributed by atoms with Gasteiger partial charge in [0.2, 0.25) is 0 Å². The first-order chi connectivity index (χ1) is 7.10. The molecule has 0 aromatic heterocycles. The zero-order valence-electron chi connectivity index (χ0n) is 11.5. The third-order valence-corrected chi connectivity index (χ3v) is 3.15. The minimum Gasteiger partial charge on any atom is -0.317 e. The monoisotopic (exact) mass is 213 g/mol. The number of hydrogen-bond donors (Lipinski definition) is 1.